The second-order valence-electron chi connectivity index (χ2n) is 7.01. The van der Waals surface area contributed by atoms with Crippen LogP contribution < -0.4 is 4.90 Å². The first-order valence-electron chi connectivity index (χ1n) is 9.34. The van der Waals surface area contributed by atoms with Gasteiger partial charge in [-0.05, 0) is 31.2 Å². The fourth-order valence-corrected chi connectivity index (χ4v) is 3.79. The van der Waals surface area contributed by atoms with Crippen molar-refractivity contribution in [2.75, 3.05) is 24.7 Å². The molecule has 1 N–H and O–H groups in total. The van der Waals surface area contributed by atoms with Gasteiger partial charge in [0.25, 0.3) is 0 Å². The van der Waals surface area contributed by atoms with Crippen molar-refractivity contribution in [2.24, 2.45) is 7.05 Å². The van der Waals surface area contributed by atoms with Crippen LogP contribution in [0.5, 0.6) is 0 Å². The molecule has 0 amide bonds. The summed E-state index contributed by atoms with van der Waals surface area (Å²) in [4.78, 5) is 11.9. The summed E-state index contributed by atoms with van der Waals surface area (Å²) >= 11 is 0. The van der Waals surface area contributed by atoms with Crippen molar-refractivity contribution in [2.45, 2.75) is 13.0 Å². The third-order valence-corrected chi connectivity index (χ3v) is 5.23. The van der Waals surface area contributed by atoms with Crippen LogP contribution in [0.3, 0.4) is 0 Å². The van der Waals surface area contributed by atoms with Gasteiger partial charge in [0, 0.05) is 43.1 Å². The lowest BCUT2D eigenvalue weighted by Crippen LogP contribution is -2.44. The summed E-state index contributed by atoms with van der Waals surface area (Å²) in [6, 6.07) is 8.36. The summed E-state index contributed by atoms with van der Waals surface area (Å²) in [6.45, 7) is 4.37. The van der Waals surface area contributed by atoms with Crippen molar-refractivity contribution in [3.8, 4) is 22.6 Å². The zero-order valence-electron chi connectivity index (χ0n) is 15.8. The highest BCUT2D eigenvalue weighted by Gasteiger charge is 2.23. The molecule has 0 saturated carbocycles. The molecule has 0 bridgehead atoms. The van der Waals surface area contributed by atoms with Gasteiger partial charge in [-0.25, -0.2) is 4.98 Å². The zero-order valence-corrected chi connectivity index (χ0v) is 15.8. The molecule has 1 atom stereocenters. The van der Waals surface area contributed by atoms with E-state index in [1.807, 2.05) is 42.3 Å². The maximum absolute atomic E-state index is 5.62. The Bertz CT molecular complexity index is 1120. The van der Waals surface area contributed by atoms with Crippen LogP contribution in [0.25, 0.3) is 33.5 Å². The number of H-pyrrole nitrogens is 1. The van der Waals surface area contributed by atoms with E-state index in [-0.39, 0.29) is 6.04 Å². The van der Waals surface area contributed by atoms with Crippen molar-refractivity contribution < 1.29 is 4.74 Å². The van der Waals surface area contributed by atoms with Crippen LogP contribution in [0.4, 0.5) is 5.82 Å². The van der Waals surface area contributed by atoms with Gasteiger partial charge in [0.1, 0.15) is 17.0 Å². The molecule has 0 aromatic carbocycles. The first kappa shape index (κ1) is 16.9. The van der Waals surface area contributed by atoms with Gasteiger partial charge < -0.3 is 9.64 Å². The van der Waals surface area contributed by atoms with E-state index in [0.717, 1.165) is 45.9 Å². The van der Waals surface area contributed by atoms with Crippen molar-refractivity contribution in [3.63, 3.8) is 0 Å². The van der Waals surface area contributed by atoms with E-state index in [4.69, 9.17) is 9.72 Å². The number of pyridine rings is 2. The molecule has 1 saturated heterocycles. The molecule has 0 unspecified atom stereocenters. The van der Waals surface area contributed by atoms with Crippen molar-refractivity contribution in [1.82, 2.24) is 29.9 Å². The van der Waals surface area contributed by atoms with Crippen molar-refractivity contribution >= 4 is 16.7 Å². The molecule has 0 aliphatic carbocycles. The fraction of sp³-hybridized carbons (Fsp3) is 0.300. The molecule has 0 radical (unpaired) electrons. The molecule has 5 heterocycles. The fourth-order valence-electron chi connectivity index (χ4n) is 3.79. The lowest BCUT2D eigenvalue weighted by atomic mass is 10.0. The number of hydrogen-bond acceptors (Lipinski definition) is 6. The molecule has 1 aliphatic rings. The van der Waals surface area contributed by atoms with Crippen LogP contribution in [0.1, 0.15) is 6.92 Å². The van der Waals surface area contributed by atoms with Gasteiger partial charge in [-0.1, -0.05) is 0 Å². The third kappa shape index (κ3) is 2.73. The van der Waals surface area contributed by atoms with E-state index >= 15 is 0 Å². The average molecular weight is 375 g/mol. The molecule has 8 nitrogen and oxygen atoms in total. The number of nitrogens with zero attached hydrogens (tertiary/aromatic N) is 6. The second-order valence-corrected chi connectivity index (χ2v) is 7.01. The van der Waals surface area contributed by atoms with Crippen LogP contribution in [-0.4, -0.2) is 55.7 Å². The maximum Gasteiger partial charge on any atom is 0.130 e. The smallest absolute Gasteiger partial charge is 0.130 e. The van der Waals surface area contributed by atoms with Crippen LogP contribution in [0, 0.1) is 0 Å². The Morgan fingerprint density at radius 3 is 2.86 bits per heavy atom. The number of anilines is 1. The van der Waals surface area contributed by atoms with Crippen molar-refractivity contribution in [1.29, 1.82) is 0 Å². The number of aryl methyl sites for hydroxylation is 1. The van der Waals surface area contributed by atoms with Crippen molar-refractivity contribution in [3.05, 3.63) is 42.9 Å². The summed E-state index contributed by atoms with van der Waals surface area (Å²) < 4.78 is 7.50. The Hall–Kier alpha value is -3.26. The monoisotopic (exact) mass is 375 g/mol. The largest absolute Gasteiger partial charge is 0.377 e. The van der Waals surface area contributed by atoms with Crippen LogP contribution >= 0.6 is 0 Å². The second kappa shape index (κ2) is 6.72. The molecule has 142 valence electrons. The number of nitrogens with one attached hydrogen (secondary N) is 1. The van der Waals surface area contributed by atoms with Crippen LogP contribution in [-0.2, 0) is 11.8 Å². The summed E-state index contributed by atoms with van der Waals surface area (Å²) in [6.07, 6.45) is 5.36. The Labute approximate surface area is 162 Å². The first-order chi connectivity index (χ1) is 13.7. The molecule has 1 aliphatic heterocycles. The lowest BCUT2D eigenvalue weighted by Gasteiger charge is -2.34. The van der Waals surface area contributed by atoms with Crippen LogP contribution in [0.2, 0.25) is 0 Å². The maximum atomic E-state index is 5.62. The number of ether oxygens (including phenoxy) is 1. The summed E-state index contributed by atoms with van der Waals surface area (Å²) in [5, 5.41) is 12.5. The van der Waals surface area contributed by atoms with E-state index in [2.05, 4.69) is 38.2 Å². The predicted molar refractivity (Wildman–Crippen MR) is 107 cm³/mol. The minimum absolute atomic E-state index is 0.255. The Morgan fingerprint density at radius 1 is 1.18 bits per heavy atom. The molecule has 5 rings (SSSR count). The number of rotatable bonds is 3. The summed E-state index contributed by atoms with van der Waals surface area (Å²) in [7, 11) is 1.95. The molecule has 0 spiro atoms. The predicted octanol–water partition coefficient (Wildman–Crippen LogP) is 2.65. The van der Waals surface area contributed by atoms with Gasteiger partial charge >= 0.3 is 0 Å². The first-order valence-corrected chi connectivity index (χ1v) is 9.34. The SMILES string of the molecule is C[C@H]1COCCN1c1cc(-c2ccnn2C)c2ccnc(-c3ccn[nH]3)c2n1. The minimum Gasteiger partial charge on any atom is -0.377 e. The van der Waals surface area contributed by atoms with E-state index in [1.165, 1.54) is 0 Å². The standard InChI is InChI=1S/C20H21N7O/c1-13-12-28-10-9-27(13)18-11-15(17-5-8-23-26(17)2)14-3-6-21-20(19(14)24-18)16-4-7-22-25-16/h3-8,11,13H,9-10,12H2,1-2H3,(H,22,25)/t13-/m0/s1. The van der Waals surface area contributed by atoms with Gasteiger partial charge in [0.05, 0.1) is 30.6 Å². The highest BCUT2D eigenvalue weighted by atomic mass is 16.5. The number of aromatic amines is 1. The number of aromatic nitrogens is 6. The molecule has 8 heteroatoms. The van der Waals surface area contributed by atoms with Gasteiger partial charge in [0.2, 0.25) is 0 Å². The van der Waals surface area contributed by atoms with Gasteiger partial charge in [-0.15, -0.1) is 0 Å². The molecule has 4 aromatic heterocycles. The normalized spacial score (nSPS) is 17.4. The Morgan fingerprint density at radius 2 is 2.11 bits per heavy atom. The summed E-state index contributed by atoms with van der Waals surface area (Å²) in [5.41, 5.74) is 4.61. The van der Waals surface area contributed by atoms with E-state index < -0.39 is 0 Å². The van der Waals surface area contributed by atoms with Gasteiger partial charge in [-0.2, -0.15) is 10.2 Å². The molecule has 4 aromatic rings. The van der Waals surface area contributed by atoms with E-state index in [9.17, 15) is 0 Å². The number of fused-ring (bicyclic) bond motifs is 1. The number of hydrogen-bond donors (Lipinski definition) is 1. The van der Waals surface area contributed by atoms with Gasteiger partial charge in [-0.3, -0.25) is 14.8 Å². The lowest BCUT2D eigenvalue weighted by molar-refractivity contribution is 0.0986. The highest BCUT2D eigenvalue weighted by Crippen LogP contribution is 2.35. The third-order valence-electron chi connectivity index (χ3n) is 5.23. The minimum atomic E-state index is 0.255. The highest BCUT2D eigenvalue weighted by molar-refractivity contribution is 6.01. The Kier molecular flexibility index (Phi) is 4.05. The molecular formula is C20H21N7O. The van der Waals surface area contributed by atoms with Gasteiger partial charge in [0.15, 0.2) is 0 Å². The van der Waals surface area contributed by atoms with E-state index in [1.54, 1.807) is 6.20 Å². The molecule has 28 heavy (non-hydrogen) atoms. The number of morpholine rings is 1. The average Bonchev–Trinajstić information content (AvgIpc) is 3.39. The van der Waals surface area contributed by atoms with Crippen LogP contribution in [0.15, 0.2) is 42.9 Å². The molecular weight excluding hydrogens is 354 g/mol. The zero-order chi connectivity index (χ0) is 19.1. The topological polar surface area (TPSA) is 84.8 Å². The quantitative estimate of drug-likeness (QED) is 0.593. The Balaban J connectivity index is 1.79. The molecule has 1 fully saturated rings. The summed E-state index contributed by atoms with van der Waals surface area (Å²) in [5.74, 6) is 0.924. The van der Waals surface area contributed by atoms with E-state index in [0.29, 0.717) is 13.2 Å².